The highest BCUT2D eigenvalue weighted by atomic mass is 35.5. The van der Waals surface area contributed by atoms with Gasteiger partial charge in [0.1, 0.15) is 5.82 Å². The monoisotopic (exact) mass is 637 g/mol. The minimum absolute atomic E-state index is 0.260. The lowest BCUT2D eigenvalue weighted by Crippen LogP contribution is -2.34. The predicted molar refractivity (Wildman–Crippen MR) is 184 cm³/mol. The van der Waals surface area contributed by atoms with E-state index in [1.54, 1.807) is 0 Å². The van der Waals surface area contributed by atoms with Crippen LogP contribution in [-0.4, -0.2) is 53.6 Å². The van der Waals surface area contributed by atoms with Gasteiger partial charge in [-0.2, -0.15) is 16.7 Å². The van der Waals surface area contributed by atoms with E-state index in [-0.39, 0.29) is 5.25 Å². The zero-order chi connectivity index (χ0) is 30.2. The van der Waals surface area contributed by atoms with Gasteiger partial charge in [-0.05, 0) is 92.1 Å². The summed E-state index contributed by atoms with van der Waals surface area (Å²) in [6.07, 6.45) is 4.66. The minimum atomic E-state index is -0.534. The number of aliphatic hydroxyl groups is 1. The molecule has 0 radical (unpaired) electrons. The van der Waals surface area contributed by atoms with Gasteiger partial charge < -0.3 is 20.6 Å². The molecule has 5 rings (SSSR count). The Hall–Kier alpha value is -2.55. The number of aromatic nitrogens is 2. The summed E-state index contributed by atoms with van der Waals surface area (Å²) in [5.74, 6) is 3.16. The Morgan fingerprint density at radius 1 is 0.907 bits per heavy atom. The maximum atomic E-state index is 11.0. The number of halogens is 2. The van der Waals surface area contributed by atoms with Crippen molar-refractivity contribution in [3.8, 4) is 0 Å². The molecule has 0 aliphatic heterocycles. The van der Waals surface area contributed by atoms with Crippen LogP contribution in [0.5, 0.6) is 0 Å². The number of hydrogen-bond acceptors (Lipinski definition) is 7. The van der Waals surface area contributed by atoms with Gasteiger partial charge in [-0.1, -0.05) is 59.6 Å². The number of hydrogen-bond donors (Lipinski definition) is 3. The average Bonchev–Trinajstić information content (AvgIpc) is 3.01. The van der Waals surface area contributed by atoms with Gasteiger partial charge in [0.2, 0.25) is 5.95 Å². The second kappa shape index (κ2) is 15.4. The third-order valence-electron chi connectivity index (χ3n) is 8.13. The number of nitrogens with zero attached hydrogens (tertiary/aromatic N) is 3. The van der Waals surface area contributed by atoms with E-state index in [9.17, 15) is 5.11 Å². The molecule has 43 heavy (non-hydrogen) atoms. The Bertz CT molecular complexity index is 1450. The van der Waals surface area contributed by atoms with Gasteiger partial charge in [0.05, 0.1) is 11.6 Å². The number of para-hydroxylation sites is 1. The minimum Gasteiger partial charge on any atom is -0.388 e. The van der Waals surface area contributed by atoms with Crippen molar-refractivity contribution in [3.05, 3.63) is 94.0 Å². The van der Waals surface area contributed by atoms with Gasteiger partial charge >= 0.3 is 0 Å². The lowest BCUT2D eigenvalue weighted by atomic mass is 9.86. The Labute approximate surface area is 269 Å². The van der Waals surface area contributed by atoms with Gasteiger partial charge in [-0.25, -0.2) is 4.98 Å². The fourth-order valence-electron chi connectivity index (χ4n) is 5.68. The van der Waals surface area contributed by atoms with Gasteiger partial charge in [0.15, 0.2) is 0 Å². The number of benzene rings is 3. The van der Waals surface area contributed by atoms with Gasteiger partial charge in [-0.3, -0.25) is 0 Å². The third-order valence-corrected chi connectivity index (χ3v) is 9.97. The second-order valence-corrected chi connectivity index (χ2v) is 13.8. The molecule has 1 saturated carbocycles. The first kappa shape index (κ1) is 31.9. The topological polar surface area (TPSA) is 73.3 Å². The highest BCUT2D eigenvalue weighted by Gasteiger charge is 2.23. The van der Waals surface area contributed by atoms with Crippen molar-refractivity contribution in [3.63, 3.8) is 0 Å². The third kappa shape index (κ3) is 9.22. The van der Waals surface area contributed by atoms with Crippen molar-refractivity contribution in [2.75, 3.05) is 37.4 Å². The van der Waals surface area contributed by atoms with Gasteiger partial charge in [-0.15, -0.1) is 0 Å². The molecule has 0 amide bonds. The fourth-order valence-corrected chi connectivity index (χ4v) is 7.11. The van der Waals surface area contributed by atoms with Crippen molar-refractivity contribution in [2.45, 2.75) is 55.3 Å². The molecule has 1 aromatic heterocycles. The Balaban J connectivity index is 1.12. The number of aliphatic hydroxyl groups excluding tert-OH is 1. The highest BCUT2D eigenvalue weighted by Crippen LogP contribution is 2.30. The molecule has 1 aliphatic carbocycles. The summed E-state index contributed by atoms with van der Waals surface area (Å²) in [5.41, 5.74) is 3.10. The van der Waals surface area contributed by atoms with Crippen LogP contribution in [-0.2, 0) is 5.75 Å². The van der Waals surface area contributed by atoms with Crippen LogP contribution in [0.2, 0.25) is 10.0 Å². The largest absolute Gasteiger partial charge is 0.388 e. The van der Waals surface area contributed by atoms with E-state index >= 15 is 0 Å². The normalized spacial score (nSPS) is 18.3. The lowest BCUT2D eigenvalue weighted by Gasteiger charge is -2.30. The summed E-state index contributed by atoms with van der Waals surface area (Å²) >= 11 is 14.0. The summed E-state index contributed by atoms with van der Waals surface area (Å²) in [4.78, 5) is 11.7. The number of fused-ring (bicyclic) bond motifs is 1. The molecule has 4 aromatic rings. The molecule has 2 unspecified atom stereocenters. The van der Waals surface area contributed by atoms with Crippen LogP contribution in [0.3, 0.4) is 0 Å². The van der Waals surface area contributed by atoms with E-state index in [2.05, 4.69) is 28.8 Å². The Kier molecular flexibility index (Phi) is 11.4. The number of thioether (sulfide) groups is 1. The molecule has 6 nitrogen and oxygen atoms in total. The molecule has 1 fully saturated rings. The van der Waals surface area contributed by atoms with Crippen molar-refractivity contribution < 1.29 is 5.11 Å². The van der Waals surface area contributed by atoms with Crippen molar-refractivity contribution in [1.82, 2.24) is 15.3 Å². The molecule has 9 heteroatoms. The lowest BCUT2D eigenvalue weighted by molar-refractivity contribution is 0.166. The average molecular weight is 639 g/mol. The summed E-state index contributed by atoms with van der Waals surface area (Å²) in [6, 6.07) is 24.1. The summed E-state index contributed by atoms with van der Waals surface area (Å²) in [5, 5.41) is 21.1. The number of rotatable bonds is 13. The first-order valence-corrected chi connectivity index (χ1v) is 16.9. The summed E-state index contributed by atoms with van der Waals surface area (Å²) in [7, 11) is 4.05. The molecule has 1 heterocycles. The quantitative estimate of drug-likeness (QED) is 0.137. The van der Waals surface area contributed by atoms with E-state index < -0.39 is 6.10 Å². The van der Waals surface area contributed by atoms with Crippen LogP contribution in [0.15, 0.2) is 72.8 Å². The molecule has 3 aromatic carbocycles. The SMILES string of the molecule is CN(C)c1nc(NC2CCC(CNCC(CC(O)c3ccc(Cl)cc3)SCc3ccc(Cl)cc3)CC2)nc2ccccc12. The zero-order valence-electron chi connectivity index (χ0n) is 24.8. The zero-order valence-corrected chi connectivity index (χ0v) is 27.2. The Morgan fingerprint density at radius 3 is 2.28 bits per heavy atom. The van der Waals surface area contributed by atoms with Crippen LogP contribution in [0.1, 0.15) is 49.3 Å². The summed E-state index contributed by atoms with van der Waals surface area (Å²) in [6.45, 7) is 1.83. The van der Waals surface area contributed by atoms with E-state index in [1.165, 1.54) is 5.56 Å². The molecule has 2 atom stereocenters. The van der Waals surface area contributed by atoms with Crippen molar-refractivity contribution in [1.29, 1.82) is 0 Å². The predicted octanol–water partition coefficient (Wildman–Crippen LogP) is 7.99. The van der Waals surface area contributed by atoms with Gasteiger partial charge in [0.25, 0.3) is 0 Å². The van der Waals surface area contributed by atoms with Crippen LogP contribution < -0.4 is 15.5 Å². The molecule has 0 saturated heterocycles. The smallest absolute Gasteiger partial charge is 0.225 e. The molecular formula is C34H41Cl2N5OS. The maximum Gasteiger partial charge on any atom is 0.225 e. The van der Waals surface area contributed by atoms with Crippen molar-refractivity contribution in [2.24, 2.45) is 5.92 Å². The van der Waals surface area contributed by atoms with Crippen LogP contribution in [0.25, 0.3) is 10.9 Å². The van der Waals surface area contributed by atoms with Crippen LogP contribution >= 0.6 is 35.0 Å². The molecule has 0 spiro atoms. The molecule has 0 bridgehead atoms. The summed E-state index contributed by atoms with van der Waals surface area (Å²) < 4.78 is 0. The Morgan fingerprint density at radius 2 is 1.58 bits per heavy atom. The molecule has 3 N–H and O–H groups in total. The van der Waals surface area contributed by atoms with E-state index in [0.717, 1.165) is 71.8 Å². The number of anilines is 2. The number of nitrogens with one attached hydrogen (secondary N) is 2. The van der Waals surface area contributed by atoms with E-state index in [1.807, 2.05) is 85.4 Å². The highest BCUT2D eigenvalue weighted by molar-refractivity contribution is 7.99. The van der Waals surface area contributed by atoms with Crippen LogP contribution in [0.4, 0.5) is 11.8 Å². The molecule has 1 aliphatic rings. The molecular weight excluding hydrogens is 597 g/mol. The van der Waals surface area contributed by atoms with Crippen LogP contribution in [0, 0.1) is 5.92 Å². The fraction of sp³-hybridized carbons (Fsp3) is 0.412. The van der Waals surface area contributed by atoms with E-state index in [4.69, 9.17) is 33.2 Å². The van der Waals surface area contributed by atoms with Crippen molar-refractivity contribution >= 4 is 57.6 Å². The van der Waals surface area contributed by atoms with Gasteiger partial charge in [0, 0.05) is 53.1 Å². The standard InChI is InChI=1S/C34H41Cl2N5OS/c1-41(2)33-30-5-3-4-6-31(30)39-34(40-33)38-28-17-9-23(10-18-28)20-37-21-29(43-22-24-7-13-26(35)14-8-24)19-32(42)25-11-15-27(36)16-12-25/h3-8,11-16,23,28-29,32,37,42H,9-10,17-22H2,1-2H3,(H,38,39,40). The van der Waals surface area contributed by atoms with E-state index in [0.29, 0.717) is 29.4 Å². The first-order valence-electron chi connectivity index (χ1n) is 15.0. The maximum absolute atomic E-state index is 11.0. The second-order valence-electron chi connectivity index (χ2n) is 11.7. The molecule has 228 valence electrons. The first-order chi connectivity index (χ1) is 20.8.